The van der Waals surface area contributed by atoms with Crippen molar-refractivity contribution in [3.8, 4) is 5.75 Å². The van der Waals surface area contributed by atoms with Crippen LogP contribution in [0.2, 0.25) is 0 Å². The zero-order valence-electron chi connectivity index (χ0n) is 23.1. The van der Waals surface area contributed by atoms with Crippen LogP contribution < -0.4 is 14.5 Å². The third-order valence-corrected chi connectivity index (χ3v) is 8.95. The van der Waals surface area contributed by atoms with Gasteiger partial charge in [-0.25, -0.2) is 0 Å². The summed E-state index contributed by atoms with van der Waals surface area (Å²) in [6.45, 7) is 18.3. The fourth-order valence-corrected chi connectivity index (χ4v) is 7.62. The Morgan fingerprint density at radius 2 is 1.40 bits per heavy atom. The Bertz CT molecular complexity index is 835. The van der Waals surface area contributed by atoms with Crippen LogP contribution >= 0.6 is 12.4 Å². The van der Waals surface area contributed by atoms with Crippen LogP contribution in [0, 0.1) is 16.7 Å². The Labute approximate surface area is 221 Å². The van der Waals surface area contributed by atoms with Crippen LogP contribution in [-0.4, -0.2) is 57.8 Å². The lowest BCUT2D eigenvalue weighted by molar-refractivity contribution is 0.0969. The lowest BCUT2D eigenvalue weighted by Gasteiger charge is -2.47. The lowest BCUT2D eigenvalue weighted by atomic mass is 9.60. The number of piperidine rings is 1. The van der Waals surface area contributed by atoms with E-state index in [0.717, 1.165) is 37.8 Å². The smallest absolute Gasteiger partial charge is 0.144 e. The van der Waals surface area contributed by atoms with Gasteiger partial charge in [0, 0.05) is 57.6 Å². The molecule has 0 radical (unpaired) electrons. The summed E-state index contributed by atoms with van der Waals surface area (Å²) in [4.78, 5) is 8.00. The summed E-state index contributed by atoms with van der Waals surface area (Å²) in [5.74, 6) is 2.68. The number of benzene rings is 1. The van der Waals surface area contributed by atoms with E-state index in [0.29, 0.717) is 16.7 Å². The highest BCUT2D eigenvalue weighted by atomic mass is 35.5. The minimum Gasteiger partial charge on any atom is -0.495 e. The molecule has 0 unspecified atom stereocenters. The zero-order chi connectivity index (χ0) is 23.9. The number of nitrogens with zero attached hydrogens (tertiary/aromatic N) is 3. The zero-order valence-corrected chi connectivity index (χ0v) is 23.9. The molecule has 1 aromatic rings. The SMILES string of the molecule is COc1cc(N2CCN(CC3CC3)CC2)c(C2CC(C)(C)CC(C)(C)C2)cc1N1CCCCC1.Cl. The molecule has 4 fully saturated rings. The van der Waals surface area contributed by atoms with Crippen LogP contribution in [0.15, 0.2) is 12.1 Å². The average Bonchev–Trinajstić information content (AvgIpc) is 3.61. The van der Waals surface area contributed by atoms with E-state index in [1.807, 2.05) is 7.11 Å². The number of piperazine rings is 1. The summed E-state index contributed by atoms with van der Waals surface area (Å²) in [6.07, 6.45) is 10.8. The standard InChI is InChI=1S/C30H49N3O.ClH/c1-29(2)19-24(20-30(3,4)22-29)25-17-27(32-11-7-6-8-12-32)28(34-5)18-26(25)33-15-13-31(14-16-33)21-23-9-10-23;/h17-18,23-24H,6-16,19-22H2,1-5H3;1H. The van der Waals surface area contributed by atoms with Gasteiger partial charge in [-0.1, -0.05) is 27.7 Å². The molecule has 2 aliphatic heterocycles. The topological polar surface area (TPSA) is 19.0 Å². The maximum Gasteiger partial charge on any atom is 0.144 e. The van der Waals surface area contributed by atoms with Crippen molar-refractivity contribution in [2.24, 2.45) is 16.7 Å². The highest BCUT2D eigenvalue weighted by Gasteiger charge is 2.40. The van der Waals surface area contributed by atoms with E-state index in [4.69, 9.17) is 4.74 Å². The largest absolute Gasteiger partial charge is 0.495 e. The number of halogens is 1. The van der Waals surface area contributed by atoms with E-state index in [9.17, 15) is 0 Å². The Morgan fingerprint density at radius 1 is 0.800 bits per heavy atom. The summed E-state index contributed by atoms with van der Waals surface area (Å²) in [5.41, 5.74) is 5.17. The van der Waals surface area contributed by atoms with E-state index >= 15 is 0 Å². The van der Waals surface area contributed by atoms with Crippen molar-refractivity contribution in [2.45, 2.75) is 85.0 Å². The van der Waals surface area contributed by atoms with Gasteiger partial charge < -0.3 is 14.5 Å². The highest BCUT2D eigenvalue weighted by Crippen LogP contribution is 2.54. The third-order valence-electron chi connectivity index (χ3n) is 8.95. The van der Waals surface area contributed by atoms with E-state index in [1.54, 1.807) is 5.56 Å². The van der Waals surface area contributed by atoms with Crippen molar-refractivity contribution in [1.29, 1.82) is 0 Å². The molecular formula is C30H50ClN3O. The first kappa shape index (κ1) is 26.9. The molecule has 35 heavy (non-hydrogen) atoms. The van der Waals surface area contributed by atoms with Gasteiger partial charge in [-0.2, -0.15) is 0 Å². The molecule has 2 saturated carbocycles. The lowest BCUT2D eigenvalue weighted by Crippen LogP contribution is -2.47. The van der Waals surface area contributed by atoms with Crippen molar-refractivity contribution < 1.29 is 4.74 Å². The van der Waals surface area contributed by atoms with Crippen molar-refractivity contribution in [3.05, 3.63) is 17.7 Å². The van der Waals surface area contributed by atoms with Crippen molar-refractivity contribution >= 4 is 23.8 Å². The highest BCUT2D eigenvalue weighted by molar-refractivity contribution is 5.85. The van der Waals surface area contributed by atoms with Gasteiger partial charge in [-0.05, 0) is 85.7 Å². The van der Waals surface area contributed by atoms with Gasteiger partial charge in [0.1, 0.15) is 5.75 Å². The molecule has 5 heteroatoms. The summed E-state index contributed by atoms with van der Waals surface area (Å²) in [7, 11) is 1.87. The van der Waals surface area contributed by atoms with Gasteiger partial charge in [0.15, 0.2) is 0 Å². The average molecular weight is 504 g/mol. The maximum absolute atomic E-state index is 6.06. The van der Waals surface area contributed by atoms with E-state index in [2.05, 4.69) is 54.5 Å². The van der Waals surface area contributed by atoms with Crippen LogP contribution in [0.25, 0.3) is 0 Å². The number of anilines is 2. The first-order valence-electron chi connectivity index (χ1n) is 14.2. The Kier molecular flexibility index (Phi) is 8.23. The number of rotatable bonds is 6. The van der Waals surface area contributed by atoms with Crippen LogP contribution in [-0.2, 0) is 0 Å². The molecule has 2 aliphatic carbocycles. The predicted octanol–water partition coefficient (Wildman–Crippen LogP) is 6.96. The normalized spacial score (nSPS) is 25.3. The number of methoxy groups -OCH3 is 1. The van der Waals surface area contributed by atoms with Crippen LogP contribution in [0.4, 0.5) is 11.4 Å². The summed E-state index contributed by atoms with van der Waals surface area (Å²) >= 11 is 0. The Balaban J connectivity index is 0.00000289. The number of hydrogen-bond donors (Lipinski definition) is 0. The molecule has 0 atom stereocenters. The number of hydrogen-bond acceptors (Lipinski definition) is 4. The molecule has 0 bridgehead atoms. The van der Waals surface area contributed by atoms with E-state index < -0.39 is 0 Å². The third kappa shape index (κ3) is 6.42. The minimum atomic E-state index is 0. The fraction of sp³-hybridized carbons (Fsp3) is 0.800. The van der Waals surface area contributed by atoms with Crippen molar-refractivity contribution in [3.63, 3.8) is 0 Å². The second-order valence-corrected chi connectivity index (χ2v) is 13.5. The molecule has 0 aromatic heterocycles. The van der Waals surface area contributed by atoms with Gasteiger partial charge >= 0.3 is 0 Å². The molecule has 4 nitrogen and oxygen atoms in total. The van der Waals surface area contributed by atoms with E-state index in [1.165, 1.54) is 82.4 Å². The Hall–Kier alpha value is -1.13. The second kappa shape index (κ2) is 10.7. The molecule has 2 saturated heterocycles. The quantitative estimate of drug-likeness (QED) is 0.417. The van der Waals surface area contributed by atoms with Gasteiger partial charge in [0.25, 0.3) is 0 Å². The van der Waals surface area contributed by atoms with Crippen molar-refractivity contribution in [2.75, 3.05) is 62.7 Å². The molecule has 0 N–H and O–H groups in total. The summed E-state index contributed by atoms with van der Waals surface area (Å²) < 4.78 is 6.06. The van der Waals surface area contributed by atoms with Crippen molar-refractivity contribution in [1.82, 2.24) is 4.90 Å². The van der Waals surface area contributed by atoms with Gasteiger partial charge in [-0.15, -0.1) is 12.4 Å². The molecule has 198 valence electrons. The van der Waals surface area contributed by atoms with Crippen LogP contribution in [0.3, 0.4) is 0 Å². The predicted molar refractivity (Wildman–Crippen MR) is 152 cm³/mol. The molecule has 1 aromatic carbocycles. The monoisotopic (exact) mass is 503 g/mol. The van der Waals surface area contributed by atoms with Gasteiger partial charge in [0.2, 0.25) is 0 Å². The molecular weight excluding hydrogens is 454 g/mol. The van der Waals surface area contributed by atoms with Gasteiger partial charge in [0.05, 0.1) is 12.8 Å². The van der Waals surface area contributed by atoms with Crippen LogP contribution in [0.1, 0.15) is 90.5 Å². The van der Waals surface area contributed by atoms with Gasteiger partial charge in [-0.3, -0.25) is 4.90 Å². The summed E-state index contributed by atoms with van der Waals surface area (Å²) in [5, 5.41) is 0. The first-order chi connectivity index (χ1) is 16.2. The first-order valence-corrected chi connectivity index (χ1v) is 14.2. The summed E-state index contributed by atoms with van der Waals surface area (Å²) in [6, 6.07) is 4.99. The fourth-order valence-electron chi connectivity index (χ4n) is 7.62. The maximum atomic E-state index is 6.06. The molecule has 5 rings (SSSR count). The molecule has 0 spiro atoms. The molecule has 2 heterocycles. The van der Waals surface area contributed by atoms with E-state index in [-0.39, 0.29) is 12.4 Å². The molecule has 4 aliphatic rings. The Morgan fingerprint density at radius 3 is 1.97 bits per heavy atom. The molecule has 0 amide bonds. The second-order valence-electron chi connectivity index (χ2n) is 13.5. The number of ether oxygens (including phenoxy) is 1. The minimum absolute atomic E-state index is 0. The van der Waals surface area contributed by atoms with Crippen LogP contribution in [0.5, 0.6) is 5.75 Å².